The predicted molar refractivity (Wildman–Crippen MR) is 117 cm³/mol. The molecule has 30 heavy (non-hydrogen) atoms. The Kier molecular flexibility index (Phi) is 6.38. The third-order valence-electron chi connectivity index (χ3n) is 5.26. The number of hydrogen-bond donors (Lipinski definition) is 2. The summed E-state index contributed by atoms with van der Waals surface area (Å²) < 4.78 is 5.24. The van der Waals surface area contributed by atoms with Gasteiger partial charge in [0.05, 0.1) is 12.8 Å². The van der Waals surface area contributed by atoms with Gasteiger partial charge in [-0.1, -0.05) is 18.2 Å². The van der Waals surface area contributed by atoms with Crippen molar-refractivity contribution < 1.29 is 18.8 Å². The summed E-state index contributed by atoms with van der Waals surface area (Å²) in [6.07, 6.45) is 4.01. The highest BCUT2D eigenvalue weighted by atomic mass is 32.2. The number of rotatable bonds is 8. The van der Waals surface area contributed by atoms with E-state index in [0.717, 1.165) is 11.3 Å². The van der Waals surface area contributed by atoms with Crippen LogP contribution < -0.4 is 10.6 Å². The van der Waals surface area contributed by atoms with E-state index in [2.05, 4.69) is 10.6 Å². The Balaban J connectivity index is 1.42. The van der Waals surface area contributed by atoms with Gasteiger partial charge < -0.3 is 20.0 Å². The normalized spacial score (nSPS) is 20.6. The van der Waals surface area contributed by atoms with Crippen molar-refractivity contribution in [2.75, 3.05) is 17.8 Å². The lowest BCUT2D eigenvalue weighted by molar-refractivity contribution is -0.131. The number of furan rings is 1. The molecule has 0 bridgehead atoms. The summed E-state index contributed by atoms with van der Waals surface area (Å²) in [7, 11) is 0. The van der Waals surface area contributed by atoms with Gasteiger partial charge in [-0.25, -0.2) is 0 Å². The number of fused-ring (bicyclic) bond motifs is 3. The minimum atomic E-state index is -0.663. The second-order valence-electron chi connectivity index (χ2n) is 7.14. The fourth-order valence-electron chi connectivity index (χ4n) is 3.73. The molecule has 1 saturated heterocycles. The molecule has 2 N–H and O–H groups in total. The molecule has 2 aliphatic heterocycles. The summed E-state index contributed by atoms with van der Waals surface area (Å²) in [5, 5.41) is 5.56. The van der Waals surface area contributed by atoms with E-state index in [9.17, 15) is 14.4 Å². The lowest BCUT2D eigenvalue weighted by Gasteiger charge is -2.25. The van der Waals surface area contributed by atoms with Crippen LogP contribution >= 0.6 is 23.5 Å². The first-order valence-electron chi connectivity index (χ1n) is 9.72. The molecule has 0 unspecified atom stereocenters. The molecule has 2 aromatic rings. The van der Waals surface area contributed by atoms with Crippen molar-refractivity contribution in [2.24, 2.45) is 0 Å². The molecule has 3 amide bonds. The highest BCUT2D eigenvalue weighted by Gasteiger charge is 2.48. The Bertz CT molecular complexity index is 934. The molecule has 9 heteroatoms. The zero-order chi connectivity index (χ0) is 21.1. The zero-order valence-corrected chi connectivity index (χ0v) is 18.1. The monoisotopic (exact) mass is 445 g/mol. The molecule has 7 nitrogen and oxygen atoms in total. The number of hydrogen-bond acceptors (Lipinski definition) is 6. The molecule has 0 radical (unpaired) electrons. The number of benzene rings is 1. The maximum Gasteiger partial charge on any atom is 0.256 e. The summed E-state index contributed by atoms with van der Waals surface area (Å²) in [6.45, 7) is 0.263. The molecule has 3 atom stereocenters. The summed E-state index contributed by atoms with van der Waals surface area (Å²) in [5.74, 6) is 1.23. The molecule has 2 aliphatic rings. The van der Waals surface area contributed by atoms with Crippen LogP contribution in [0, 0.1) is 0 Å². The van der Waals surface area contributed by atoms with Crippen molar-refractivity contribution >= 4 is 41.2 Å². The van der Waals surface area contributed by atoms with Gasteiger partial charge in [-0.2, -0.15) is 11.8 Å². The Hall–Kier alpha value is -2.39. The first-order valence-corrected chi connectivity index (χ1v) is 12.2. The Labute approximate surface area is 183 Å². The third kappa shape index (κ3) is 4.09. The molecule has 4 rings (SSSR count). The third-order valence-corrected chi connectivity index (χ3v) is 7.20. The van der Waals surface area contributed by atoms with E-state index in [4.69, 9.17) is 4.42 Å². The van der Waals surface area contributed by atoms with E-state index < -0.39 is 12.1 Å². The minimum Gasteiger partial charge on any atom is -0.467 e. The van der Waals surface area contributed by atoms with Gasteiger partial charge in [0, 0.05) is 11.3 Å². The van der Waals surface area contributed by atoms with Crippen LogP contribution in [0.5, 0.6) is 0 Å². The van der Waals surface area contributed by atoms with Crippen LogP contribution in [-0.4, -0.2) is 52.5 Å². The van der Waals surface area contributed by atoms with Crippen LogP contribution in [0.4, 0.5) is 0 Å². The van der Waals surface area contributed by atoms with Crippen LogP contribution in [0.1, 0.15) is 33.5 Å². The standard InChI is InChI=1S/C21H23N3O4S2/c1-29-10-8-16(18(25)22-11-13-5-4-9-28-13)23-19(26)17-12-30-21-15-7-3-2-6-14(15)20(27)24(17)21/h2-7,9,16-17,21H,8,10-12H2,1H3,(H,22,25)(H,23,26)/t16-,17-,21-/m0/s1. The second-order valence-corrected chi connectivity index (χ2v) is 9.24. The van der Waals surface area contributed by atoms with E-state index in [-0.39, 0.29) is 29.6 Å². The van der Waals surface area contributed by atoms with Crippen LogP contribution in [0.2, 0.25) is 0 Å². The topological polar surface area (TPSA) is 91.7 Å². The van der Waals surface area contributed by atoms with Gasteiger partial charge in [0.15, 0.2) is 0 Å². The van der Waals surface area contributed by atoms with Crippen molar-refractivity contribution in [1.29, 1.82) is 0 Å². The second kappa shape index (κ2) is 9.18. The SMILES string of the molecule is CSCC[C@H](NC(=O)[C@@H]1CS[C@H]2c3ccccc3C(=O)N12)C(=O)NCc1ccco1. The van der Waals surface area contributed by atoms with Crippen molar-refractivity contribution in [3.05, 3.63) is 59.5 Å². The lowest BCUT2D eigenvalue weighted by atomic mass is 10.1. The first kappa shape index (κ1) is 20.9. The van der Waals surface area contributed by atoms with Crippen LogP contribution in [0.3, 0.4) is 0 Å². The molecule has 1 aromatic carbocycles. The predicted octanol–water partition coefficient (Wildman–Crippen LogP) is 2.40. The summed E-state index contributed by atoms with van der Waals surface area (Å²) >= 11 is 3.20. The van der Waals surface area contributed by atoms with Crippen molar-refractivity contribution in [1.82, 2.24) is 15.5 Å². The van der Waals surface area contributed by atoms with Crippen molar-refractivity contribution in [2.45, 2.75) is 30.4 Å². The molecule has 0 aliphatic carbocycles. The maximum absolute atomic E-state index is 13.1. The van der Waals surface area contributed by atoms with E-state index in [1.165, 1.54) is 0 Å². The molecule has 1 fully saturated rings. The number of thioether (sulfide) groups is 2. The van der Waals surface area contributed by atoms with E-state index in [1.807, 2.05) is 24.5 Å². The van der Waals surface area contributed by atoms with Crippen LogP contribution in [0.25, 0.3) is 0 Å². The minimum absolute atomic E-state index is 0.122. The highest BCUT2D eigenvalue weighted by molar-refractivity contribution is 7.99. The average Bonchev–Trinajstić information content (AvgIpc) is 3.48. The maximum atomic E-state index is 13.1. The number of nitrogens with one attached hydrogen (secondary N) is 2. The number of nitrogens with zero attached hydrogens (tertiary/aromatic N) is 1. The van der Waals surface area contributed by atoms with Crippen molar-refractivity contribution in [3.8, 4) is 0 Å². The van der Waals surface area contributed by atoms with Gasteiger partial charge in [-0.05, 0) is 42.2 Å². The van der Waals surface area contributed by atoms with Gasteiger partial charge in [-0.3, -0.25) is 14.4 Å². The zero-order valence-electron chi connectivity index (χ0n) is 16.5. The highest BCUT2D eigenvalue weighted by Crippen LogP contribution is 2.48. The Morgan fingerprint density at radius 1 is 1.30 bits per heavy atom. The molecule has 158 valence electrons. The van der Waals surface area contributed by atoms with Crippen LogP contribution in [-0.2, 0) is 16.1 Å². The van der Waals surface area contributed by atoms with Crippen molar-refractivity contribution in [3.63, 3.8) is 0 Å². The quantitative estimate of drug-likeness (QED) is 0.648. The van der Waals surface area contributed by atoms with Gasteiger partial charge in [-0.15, -0.1) is 11.8 Å². The van der Waals surface area contributed by atoms with Gasteiger partial charge >= 0.3 is 0 Å². The number of carbonyl (C=O) groups is 3. The van der Waals surface area contributed by atoms with Gasteiger partial charge in [0.25, 0.3) is 5.91 Å². The molecule has 1 aromatic heterocycles. The number of amides is 3. The molecule has 0 saturated carbocycles. The fourth-order valence-corrected chi connectivity index (χ4v) is 5.66. The van der Waals surface area contributed by atoms with Gasteiger partial charge in [0.2, 0.25) is 11.8 Å². The summed E-state index contributed by atoms with van der Waals surface area (Å²) in [4.78, 5) is 40.3. The lowest BCUT2D eigenvalue weighted by Crippen LogP contribution is -2.53. The summed E-state index contributed by atoms with van der Waals surface area (Å²) in [6, 6.07) is 9.77. The molecule has 0 spiro atoms. The molecular formula is C21H23N3O4S2. The Morgan fingerprint density at radius 2 is 2.13 bits per heavy atom. The molecule has 3 heterocycles. The fraction of sp³-hybridized carbons (Fsp3) is 0.381. The average molecular weight is 446 g/mol. The van der Waals surface area contributed by atoms with Crippen LogP contribution in [0.15, 0.2) is 47.1 Å². The summed E-state index contributed by atoms with van der Waals surface area (Å²) in [5.41, 5.74) is 1.61. The van der Waals surface area contributed by atoms with E-state index in [1.54, 1.807) is 52.9 Å². The largest absolute Gasteiger partial charge is 0.467 e. The Morgan fingerprint density at radius 3 is 2.90 bits per heavy atom. The molecular weight excluding hydrogens is 422 g/mol. The van der Waals surface area contributed by atoms with E-state index >= 15 is 0 Å². The number of carbonyl (C=O) groups excluding carboxylic acids is 3. The van der Waals surface area contributed by atoms with Gasteiger partial charge in [0.1, 0.15) is 23.2 Å². The first-order chi connectivity index (χ1) is 14.6. The smallest absolute Gasteiger partial charge is 0.256 e. The van der Waals surface area contributed by atoms with E-state index in [0.29, 0.717) is 23.5 Å².